The molecule has 1 N–H and O–H groups in total. The number of benzene rings is 1. The predicted octanol–water partition coefficient (Wildman–Crippen LogP) is 1.12. The molecule has 26 heavy (non-hydrogen) atoms. The summed E-state index contributed by atoms with van der Waals surface area (Å²) in [6, 6.07) is 7.90. The Morgan fingerprint density at radius 2 is 1.77 bits per heavy atom. The lowest BCUT2D eigenvalue weighted by atomic mass is 10.2. The Bertz CT molecular complexity index is 683. The number of carbonyl (C=O) groups is 1. The molecule has 7 nitrogen and oxygen atoms in total. The van der Waals surface area contributed by atoms with Crippen molar-refractivity contribution >= 4 is 27.3 Å². The van der Waals surface area contributed by atoms with Gasteiger partial charge in [0.2, 0.25) is 15.9 Å². The fourth-order valence-corrected chi connectivity index (χ4v) is 4.11. The largest absolute Gasteiger partial charge is 0.369 e. The van der Waals surface area contributed by atoms with Crippen LogP contribution in [0.5, 0.6) is 0 Å². The van der Waals surface area contributed by atoms with Gasteiger partial charge in [0.1, 0.15) is 0 Å². The van der Waals surface area contributed by atoms with E-state index in [0.29, 0.717) is 13.0 Å². The van der Waals surface area contributed by atoms with Crippen LogP contribution in [-0.2, 0) is 14.8 Å². The van der Waals surface area contributed by atoms with Crippen LogP contribution in [0.25, 0.3) is 0 Å². The van der Waals surface area contributed by atoms with Gasteiger partial charge in [-0.2, -0.15) is 0 Å². The van der Waals surface area contributed by atoms with Gasteiger partial charge in [-0.05, 0) is 37.7 Å². The van der Waals surface area contributed by atoms with Crippen molar-refractivity contribution in [3.05, 3.63) is 24.3 Å². The highest BCUT2D eigenvalue weighted by Gasteiger charge is 2.16. The summed E-state index contributed by atoms with van der Waals surface area (Å²) in [7, 11) is -1.13. The molecule has 1 aliphatic rings. The lowest BCUT2D eigenvalue weighted by Crippen LogP contribution is -2.44. The zero-order chi connectivity index (χ0) is 19.2. The van der Waals surface area contributed by atoms with E-state index >= 15 is 0 Å². The number of anilines is 2. The Hall–Kier alpha value is -1.64. The fraction of sp³-hybridized carbons (Fsp3) is 0.611. The van der Waals surface area contributed by atoms with Crippen molar-refractivity contribution in [1.82, 2.24) is 9.62 Å². The maximum atomic E-state index is 12.0. The van der Waals surface area contributed by atoms with Crippen LogP contribution >= 0.6 is 0 Å². The van der Waals surface area contributed by atoms with Crippen molar-refractivity contribution in [2.45, 2.75) is 20.3 Å². The van der Waals surface area contributed by atoms with E-state index in [1.54, 1.807) is 4.90 Å². The van der Waals surface area contributed by atoms with Crippen molar-refractivity contribution in [2.75, 3.05) is 61.9 Å². The smallest absolute Gasteiger partial charge is 0.223 e. The molecule has 1 saturated heterocycles. The molecule has 1 fully saturated rings. The van der Waals surface area contributed by atoms with Gasteiger partial charge in [0.25, 0.3) is 0 Å². The number of sulfonamides is 1. The highest BCUT2D eigenvalue weighted by molar-refractivity contribution is 7.89. The van der Waals surface area contributed by atoms with E-state index in [2.05, 4.69) is 21.6 Å². The zero-order valence-corrected chi connectivity index (χ0v) is 16.8. The van der Waals surface area contributed by atoms with Crippen LogP contribution in [-0.4, -0.2) is 71.3 Å². The first-order chi connectivity index (χ1) is 12.3. The van der Waals surface area contributed by atoms with Crippen LogP contribution in [0.1, 0.15) is 20.3 Å². The van der Waals surface area contributed by atoms with E-state index in [-0.39, 0.29) is 18.2 Å². The molecule has 0 aliphatic carbocycles. The first kappa shape index (κ1) is 20.7. The summed E-state index contributed by atoms with van der Waals surface area (Å²) in [4.78, 5) is 18.2. The van der Waals surface area contributed by atoms with Crippen molar-refractivity contribution in [3.8, 4) is 0 Å². The molecule has 8 heteroatoms. The number of amides is 1. The van der Waals surface area contributed by atoms with Gasteiger partial charge in [0.15, 0.2) is 0 Å². The average Bonchev–Trinajstić information content (AvgIpc) is 2.59. The molecule has 1 heterocycles. The van der Waals surface area contributed by atoms with Crippen LogP contribution in [0.15, 0.2) is 24.3 Å². The number of carbonyl (C=O) groups excluding carboxylic acids is 1. The maximum absolute atomic E-state index is 12.0. The van der Waals surface area contributed by atoms with Gasteiger partial charge in [0.05, 0.1) is 5.75 Å². The van der Waals surface area contributed by atoms with E-state index < -0.39 is 10.0 Å². The van der Waals surface area contributed by atoms with Crippen LogP contribution in [0, 0.1) is 0 Å². The summed E-state index contributed by atoms with van der Waals surface area (Å²) in [6.45, 7) is 7.90. The van der Waals surface area contributed by atoms with E-state index in [9.17, 15) is 13.2 Å². The first-order valence-electron chi connectivity index (χ1n) is 9.11. The Labute approximate surface area is 157 Å². The van der Waals surface area contributed by atoms with E-state index in [4.69, 9.17) is 0 Å². The minimum absolute atomic E-state index is 0.104. The highest BCUT2D eigenvalue weighted by Crippen LogP contribution is 2.22. The number of hydrogen-bond acceptors (Lipinski definition) is 5. The fourth-order valence-electron chi connectivity index (χ4n) is 3.03. The summed E-state index contributed by atoms with van der Waals surface area (Å²) in [5.41, 5.74) is 1.93. The molecule has 0 saturated carbocycles. The molecule has 1 aromatic rings. The summed E-state index contributed by atoms with van der Waals surface area (Å²) in [5.74, 6) is -0.000636. The van der Waals surface area contributed by atoms with Crippen molar-refractivity contribution < 1.29 is 13.2 Å². The van der Waals surface area contributed by atoms with Gasteiger partial charge < -0.3 is 14.7 Å². The monoisotopic (exact) mass is 382 g/mol. The molecule has 2 rings (SSSR count). The third kappa shape index (κ3) is 5.96. The quantitative estimate of drug-likeness (QED) is 0.729. The third-order valence-corrected chi connectivity index (χ3v) is 6.13. The Balaban J connectivity index is 1.98. The minimum Gasteiger partial charge on any atom is -0.369 e. The second kappa shape index (κ2) is 9.34. The maximum Gasteiger partial charge on any atom is 0.223 e. The van der Waals surface area contributed by atoms with Gasteiger partial charge >= 0.3 is 0 Å². The van der Waals surface area contributed by atoms with Crippen LogP contribution < -0.4 is 14.5 Å². The first-order valence-corrected chi connectivity index (χ1v) is 10.8. The topological polar surface area (TPSA) is 73.0 Å². The van der Waals surface area contributed by atoms with Crippen LogP contribution in [0.2, 0.25) is 0 Å². The zero-order valence-electron chi connectivity index (χ0n) is 15.9. The van der Waals surface area contributed by atoms with Gasteiger partial charge in [-0.1, -0.05) is 6.92 Å². The standard InChI is InChI=1S/C18H30N4O3S/c1-4-15-26(24,25)19-9-10-22(16(2)23)18-7-5-17(6-8-18)21-13-11-20(3)12-14-21/h5-8,19H,4,9-15H2,1-3H3. The molecule has 0 bridgehead atoms. The number of rotatable bonds is 8. The number of hydrogen-bond donors (Lipinski definition) is 1. The van der Waals surface area contributed by atoms with Crippen molar-refractivity contribution in [1.29, 1.82) is 0 Å². The molecule has 1 aromatic carbocycles. The highest BCUT2D eigenvalue weighted by atomic mass is 32.2. The average molecular weight is 383 g/mol. The molecule has 0 atom stereocenters. The lowest BCUT2D eigenvalue weighted by Gasteiger charge is -2.34. The summed E-state index contributed by atoms with van der Waals surface area (Å²) < 4.78 is 26.0. The molecule has 1 amide bonds. The normalized spacial score (nSPS) is 15.9. The predicted molar refractivity (Wildman–Crippen MR) is 106 cm³/mol. The van der Waals surface area contributed by atoms with Gasteiger partial charge in [-0.3, -0.25) is 4.79 Å². The minimum atomic E-state index is -3.26. The van der Waals surface area contributed by atoms with Crippen molar-refractivity contribution in [2.24, 2.45) is 0 Å². The summed E-state index contributed by atoms with van der Waals surface area (Å²) >= 11 is 0. The Kier molecular flexibility index (Phi) is 7.43. The molecule has 0 unspecified atom stereocenters. The van der Waals surface area contributed by atoms with Gasteiger partial charge in [-0.25, -0.2) is 13.1 Å². The molecule has 0 radical (unpaired) electrons. The summed E-state index contributed by atoms with van der Waals surface area (Å²) in [5, 5.41) is 0. The molecule has 146 valence electrons. The number of nitrogens with one attached hydrogen (secondary N) is 1. The van der Waals surface area contributed by atoms with Gasteiger partial charge in [-0.15, -0.1) is 0 Å². The Morgan fingerprint density at radius 1 is 1.15 bits per heavy atom. The second-order valence-corrected chi connectivity index (χ2v) is 8.62. The lowest BCUT2D eigenvalue weighted by molar-refractivity contribution is -0.116. The summed E-state index contributed by atoms with van der Waals surface area (Å²) in [6.07, 6.45) is 0.569. The van der Waals surface area contributed by atoms with E-state index in [1.807, 2.05) is 31.2 Å². The van der Waals surface area contributed by atoms with Crippen molar-refractivity contribution in [3.63, 3.8) is 0 Å². The molecular weight excluding hydrogens is 352 g/mol. The van der Waals surface area contributed by atoms with Crippen LogP contribution in [0.3, 0.4) is 0 Å². The SMILES string of the molecule is CCCS(=O)(=O)NCCN(C(C)=O)c1ccc(N2CCN(C)CC2)cc1. The van der Waals surface area contributed by atoms with E-state index in [1.165, 1.54) is 6.92 Å². The number of piperazine rings is 1. The molecule has 0 aromatic heterocycles. The Morgan fingerprint density at radius 3 is 2.31 bits per heavy atom. The molecule has 0 spiro atoms. The number of nitrogens with zero attached hydrogens (tertiary/aromatic N) is 3. The third-order valence-electron chi connectivity index (χ3n) is 4.54. The van der Waals surface area contributed by atoms with Crippen LogP contribution in [0.4, 0.5) is 11.4 Å². The molecular formula is C18H30N4O3S. The molecule has 1 aliphatic heterocycles. The second-order valence-electron chi connectivity index (χ2n) is 6.69. The number of likely N-dealkylation sites (N-methyl/N-ethyl adjacent to an activating group) is 1. The van der Waals surface area contributed by atoms with E-state index in [0.717, 1.165) is 37.6 Å². The van der Waals surface area contributed by atoms with Gasteiger partial charge in [0, 0.05) is 57.6 Å².